The van der Waals surface area contributed by atoms with Gasteiger partial charge in [-0.1, -0.05) is 23.7 Å². The van der Waals surface area contributed by atoms with Crippen LogP contribution >= 0.6 is 11.6 Å². The number of nitrogens with one attached hydrogen (secondary N) is 1. The van der Waals surface area contributed by atoms with Crippen LogP contribution in [0.2, 0.25) is 5.02 Å². The van der Waals surface area contributed by atoms with E-state index in [1.54, 1.807) is 35.5 Å². The Hall–Kier alpha value is -3.23. The number of ether oxygens (including phenoxy) is 1. The van der Waals surface area contributed by atoms with Crippen LogP contribution < -0.4 is 5.32 Å². The number of amides is 2. The predicted molar refractivity (Wildman–Crippen MR) is 130 cm³/mol. The van der Waals surface area contributed by atoms with E-state index in [4.69, 9.17) is 16.3 Å². The lowest BCUT2D eigenvalue weighted by atomic mass is 9.95. The summed E-state index contributed by atoms with van der Waals surface area (Å²) in [6, 6.07) is 11.7. The molecular weight excluding hydrogens is 471 g/mol. The monoisotopic (exact) mass is 496 g/mol. The smallest absolute Gasteiger partial charge is 0.274 e. The van der Waals surface area contributed by atoms with Gasteiger partial charge in [-0.05, 0) is 61.2 Å². The van der Waals surface area contributed by atoms with Crippen LogP contribution in [0, 0.1) is 18.7 Å². The van der Waals surface area contributed by atoms with Crippen molar-refractivity contribution in [3.63, 3.8) is 0 Å². The van der Waals surface area contributed by atoms with Crippen molar-refractivity contribution in [3.8, 4) is 0 Å². The summed E-state index contributed by atoms with van der Waals surface area (Å²) in [5.41, 5.74) is 3.64. The van der Waals surface area contributed by atoms with Crippen LogP contribution in [0.5, 0.6) is 0 Å². The van der Waals surface area contributed by atoms with Crippen molar-refractivity contribution in [3.05, 3.63) is 82.1 Å². The Morgan fingerprint density at radius 2 is 1.89 bits per heavy atom. The van der Waals surface area contributed by atoms with Crippen LogP contribution in [0.1, 0.15) is 46.3 Å². The fraction of sp³-hybridized carbons (Fsp3) is 0.346. The van der Waals surface area contributed by atoms with E-state index in [2.05, 4.69) is 10.3 Å². The first kappa shape index (κ1) is 23.5. The zero-order chi connectivity index (χ0) is 24.5. The van der Waals surface area contributed by atoms with E-state index >= 15 is 0 Å². The third-order valence-corrected chi connectivity index (χ3v) is 7.18. The molecule has 0 unspecified atom stereocenters. The van der Waals surface area contributed by atoms with Gasteiger partial charge in [-0.3, -0.25) is 9.59 Å². The van der Waals surface area contributed by atoms with E-state index < -0.39 is 0 Å². The molecule has 2 aliphatic heterocycles. The molecule has 2 aromatic carbocycles. The van der Waals surface area contributed by atoms with E-state index in [9.17, 15) is 14.0 Å². The van der Waals surface area contributed by atoms with Crippen molar-refractivity contribution in [1.82, 2.24) is 14.5 Å². The second-order valence-corrected chi connectivity index (χ2v) is 9.47. The van der Waals surface area contributed by atoms with Gasteiger partial charge in [-0.2, -0.15) is 0 Å². The number of carbonyl (C=O) groups is 2. The molecule has 1 saturated heterocycles. The summed E-state index contributed by atoms with van der Waals surface area (Å²) >= 11 is 6.06. The number of fused-ring (bicyclic) bond motifs is 1. The van der Waals surface area contributed by atoms with Crippen LogP contribution in [0.3, 0.4) is 0 Å². The maximum Gasteiger partial charge on any atom is 0.274 e. The molecule has 1 aromatic heterocycles. The zero-order valence-corrected chi connectivity index (χ0v) is 20.1. The van der Waals surface area contributed by atoms with Gasteiger partial charge in [0.2, 0.25) is 5.91 Å². The molecule has 3 aromatic rings. The maximum atomic E-state index is 13.2. The average Bonchev–Trinajstić information content (AvgIpc) is 3.29. The number of aromatic nitrogens is 2. The van der Waals surface area contributed by atoms with Gasteiger partial charge in [0.15, 0.2) is 5.69 Å². The van der Waals surface area contributed by atoms with Crippen molar-refractivity contribution in [2.24, 2.45) is 5.92 Å². The minimum absolute atomic E-state index is 0.0431. The molecule has 3 heterocycles. The molecule has 1 N–H and O–H groups in total. The summed E-state index contributed by atoms with van der Waals surface area (Å²) in [5.74, 6) is -0.638. The second kappa shape index (κ2) is 9.79. The fourth-order valence-corrected chi connectivity index (χ4v) is 4.76. The largest absolute Gasteiger partial charge is 0.365 e. The predicted octanol–water partition coefficient (Wildman–Crippen LogP) is 4.75. The van der Waals surface area contributed by atoms with E-state index in [1.807, 2.05) is 17.6 Å². The molecule has 182 valence electrons. The van der Waals surface area contributed by atoms with Gasteiger partial charge < -0.3 is 19.5 Å². The van der Waals surface area contributed by atoms with Crippen LogP contribution in [-0.2, 0) is 22.7 Å². The SMILES string of the molecule is Cc1cc(NC(=O)C2CCN(C(=O)c3ncn4c3CO[C@H](c3ccc(F)cc3)C4)CC2)ccc1Cl. The Bertz CT molecular complexity index is 1250. The first-order valence-corrected chi connectivity index (χ1v) is 12.0. The van der Waals surface area contributed by atoms with Gasteiger partial charge in [0.1, 0.15) is 11.9 Å². The van der Waals surface area contributed by atoms with Gasteiger partial charge in [0.25, 0.3) is 5.91 Å². The quantitative estimate of drug-likeness (QED) is 0.565. The lowest BCUT2D eigenvalue weighted by molar-refractivity contribution is -0.121. The summed E-state index contributed by atoms with van der Waals surface area (Å²) in [4.78, 5) is 32.1. The third kappa shape index (κ3) is 4.94. The first-order chi connectivity index (χ1) is 16.9. The highest BCUT2D eigenvalue weighted by Gasteiger charge is 2.32. The summed E-state index contributed by atoms with van der Waals surface area (Å²) in [5, 5.41) is 3.62. The van der Waals surface area contributed by atoms with Crippen LogP contribution in [-0.4, -0.2) is 39.4 Å². The highest BCUT2D eigenvalue weighted by atomic mass is 35.5. The number of halogens is 2. The number of carbonyl (C=O) groups excluding carboxylic acids is 2. The lowest BCUT2D eigenvalue weighted by Crippen LogP contribution is -2.42. The zero-order valence-electron chi connectivity index (χ0n) is 19.3. The number of hydrogen-bond acceptors (Lipinski definition) is 4. The number of benzene rings is 2. The molecule has 9 heteroatoms. The van der Waals surface area contributed by atoms with E-state index in [0.717, 1.165) is 22.5 Å². The Morgan fingerprint density at radius 1 is 1.14 bits per heavy atom. The highest BCUT2D eigenvalue weighted by molar-refractivity contribution is 6.31. The molecule has 2 amide bonds. The normalized spacial score (nSPS) is 18.3. The number of rotatable bonds is 4. The van der Waals surface area contributed by atoms with Crippen LogP contribution in [0.25, 0.3) is 0 Å². The van der Waals surface area contributed by atoms with Gasteiger partial charge >= 0.3 is 0 Å². The van der Waals surface area contributed by atoms with Gasteiger partial charge in [-0.25, -0.2) is 9.37 Å². The number of piperidine rings is 1. The number of nitrogens with zero attached hydrogens (tertiary/aromatic N) is 3. The van der Waals surface area contributed by atoms with Crippen molar-refractivity contribution < 1.29 is 18.7 Å². The molecule has 1 fully saturated rings. The topological polar surface area (TPSA) is 76.5 Å². The third-order valence-electron chi connectivity index (χ3n) is 6.75. The molecule has 35 heavy (non-hydrogen) atoms. The summed E-state index contributed by atoms with van der Waals surface area (Å²) in [6.07, 6.45) is 2.61. The molecule has 0 radical (unpaired) electrons. The standard InChI is InChI=1S/C26H26ClFN4O3/c1-16-12-20(6-7-21(16)27)30-25(33)18-8-10-31(11-9-18)26(34)24-22-14-35-23(13-32(22)15-29-24)17-2-4-19(28)5-3-17/h2-7,12,15,18,23H,8-11,13-14H2,1H3,(H,30,33)/t23-/m0/s1. The number of likely N-dealkylation sites (tertiary alicyclic amines) is 1. The van der Waals surface area contributed by atoms with Crippen molar-refractivity contribution in [2.75, 3.05) is 18.4 Å². The number of aryl methyl sites for hydroxylation is 1. The summed E-state index contributed by atoms with van der Waals surface area (Å²) in [7, 11) is 0. The minimum Gasteiger partial charge on any atom is -0.365 e. The number of hydrogen-bond donors (Lipinski definition) is 1. The number of anilines is 1. The molecule has 7 nitrogen and oxygen atoms in total. The molecule has 0 spiro atoms. The number of imidazole rings is 1. The Labute approximate surface area is 207 Å². The summed E-state index contributed by atoms with van der Waals surface area (Å²) < 4.78 is 21.1. The lowest BCUT2D eigenvalue weighted by Gasteiger charge is -2.31. The molecule has 5 rings (SSSR count). The molecule has 0 bridgehead atoms. The van der Waals surface area contributed by atoms with Crippen LogP contribution in [0.4, 0.5) is 10.1 Å². The first-order valence-electron chi connectivity index (χ1n) is 11.7. The molecule has 0 saturated carbocycles. The van der Waals surface area contributed by atoms with Crippen molar-refractivity contribution in [1.29, 1.82) is 0 Å². The molecular formula is C26H26ClFN4O3. The van der Waals surface area contributed by atoms with Crippen molar-refractivity contribution in [2.45, 2.75) is 39.0 Å². The molecule has 1 atom stereocenters. The molecule has 0 aliphatic carbocycles. The van der Waals surface area contributed by atoms with Crippen LogP contribution in [0.15, 0.2) is 48.8 Å². The van der Waals surface area contributed by atoms with Gasteiger partial charge in [0.05, 0.1) is 25.2 Å². The van der Waals surface area contributed by atoms with Gasteiger partial charge in [-0.15, -0.1) is 0 Å². The van der Waals surface area contributed by atoms with E-state index in [1.165, 1.54) is 12.1 Å². The van der Waals surface area contributed by atoms with E-state index in [0.29, 0.717) is 43.2 Å². The second-order valence-electron chi connectivity index (χ2n) is 9.06. The Kier molecular flexibility index (Phi) is 6.58. The fourth-order valence-electron chi connectivity index (χ4n) is 4.65. The van der Waals surface area contributed by atoms with Gasteiger partial charge in [0, 0.05) is 29.7 Å². The highest BCUT2D eigenvalue weighted by Crippen LogP contribution is 2.29. The average molecular weight is 497 g/mol. The molecule has 2 aliphatic rings. The van der Waals surface area contributed by atoms with E-state index in [-0.39, 0.29) is 36.3 Å². The minimum atomic E-state index is -0.290. The Balaban J connectivity index is 1.18. The Morgan fingerprint density at radius 3 is 2.60 bits per heavy atom. The maximum absolute atomic E-state index is 13.2. The van der Waals surface area contributed by atoms with Crippen molar-refractivity contribution >= 4 is 29.1 Å². The summed E-state index contributed by atoms with van der Waals surface area (Å²) in [6.45, 7) is 3.63.